The van der Waals surface area contributed by atoms with Gasteiger partial charge in [-0.15, -0.1) is 0 Å². The standard InChI is InChI=1S/C18H35N3O2/c1-16(2)15-20-10-12-21(13-11-20)18(22)19-9-6-14-23-17-7-4-3-5-8-17/h16-17H,3-15H2,1-2H3,(H,19,22). The molecule has 23 heavy (non-hydrogen) atoms. The third-order valence-corrected chi connectivity index (χ3v) is 4.79. The summed E-state index contributed by atoms with van der Waals surface area (Å²) in [6, 6.07) is 0.0897. The highest BCUT2D eigenvalue weighted by atomic mass is 16.5. The van der Waals surface area contributed by atoms with Crippen molar-refractivity contribution < 1.29 is 9.53 Å². The Morgan fingerprint density at radius 3 is 2.48 bits per heavy atom. The summed E-state index contributed by atoms with van der Waals surface area (Å²) in [5, 5.41) is 3.03. The van der Waals surface area contributed by atoms with E-state index in [0.717, 1.165) is 52.3 Å². The Bertz CT molecular complexity index is 335. The normalized spacial score (nSPS) is 20.9. The van der Waals surface area contributed by atoms with Crippen LogP contribution in [0.1, 0.15) is 52.4 Å². The summed E-state index contributed by atoms with van der Waals surface area (Å²) in [4.78, 5) is 16.5. The molecule has 0 aromatic carbocycles. The molecule has 0 aromatic rings. The van der Waals surface area contributed by atoms with E-state index >= 15 is 0 Å². The van der Waals surface area contributed by atoms with Gasteiger partial charge in [-0.25, -0.2) is 4.79 Å². The summed E-state index contributed by atoms with van der Waals surface area (Å²) in [5.74, 6) is 0.694. The predicted molar refractivity (Wildman–Crippen MR) is 93.7 cm³/mol. The van der Waals surface area contributed by atoms with Crippen LogP contribution in [-0.2, 0) is 4.74 Å². The number of carbonyl (C=O) groups excluding carboxylic acids is 1. The third-order valence-electron chi connectivity index (χ3n) is 4.79. The Balaban J connectivity index is 1.50. The lowest BCUT2D eigenvalue weighted by molar-refractivity contribution is 0.0274. The summed E-state index contributed by atoms with van der Waals surface area (Å²) < 4.78 is 5.89. The molecule has 1 heterocycles. The molecule has 0 atom stereocenters. The first-order chi connectivity index (χ1) is 11.1. The van der Waals surface area contributed by atoms with Crippen LogP contribution in [0.2, 0.25) is 0 Å². The third kappa shape index (κ3) is 7.08. The molecular weight excluding hydrogens is 290 g/mol. The fourth-order valence-corrected chi connectivity index (χ4v) is 3.51. The van der Waals surface area contributed by atoms with Gasteiger partial charge in [-0.2, -0.15) is 0 Å². The van der Waals surface area contributed by atoms with Crippen LogP contribution >= 0.6 is 0 Å². The minimum absolute atomic E-state index is 0.0897. The van der Waals surface area contributed by atoms with Gasteiger partial charge in [-0.05, 0) is 25.2 Å². The first-order valence-electron chi connectivity index (χ1n) is 9.52. The van der Waals surface area contributed by atoms with E-state index in [9.17, 15) is 4.79 Å². The van der Waals surface area contributed by atoms with Gasteiger partial charge in [0.15, 0.2) is 0 Å². The van der Waals surface area contributed by atoms with Crippen molar-refractivity contribution in [2.75, 3.05) is 45.9 Å². The first-order valence-corrected chi connectivity index (χ1v) is 9.52. The van der Waals surface area contributed by atoms with Crippen LogP contribution in [-0.4, -0.2) is 67.8 Å². The number of nitrogens with zero attached hydrogens (tertiary/aromatic N) is 2. The summed E-state index contributed by atoms with van der Waals surface area (Å²) in [6.45, 7) is 10.8. The molecule has 5 nitrogen and oxygen atoms in total. The number of piperazine rings is 1. The van der Waals surface area contributed by atoms with E-state index in [1.165, 1.54) is 32.1 Å². The number of urea groups is 1. The first kappa shape index (κ1) is 18.5. The molecule has 1 N–H and O–H groups in total. The SMILES string of the molecule is CC(C)CN1CCN(C(=O)NCCCOC2CCCCC2)CC1. The molecule has 2 amide bonds. The topological polar surface area (TPSA) is 44.8 Å². The van der Waals surface area contributed by atoms with Crippen molar-refractivity contribution in [2.45, 2.75) is 58.5 Å². The molecule has 1 saturated carbocycles. The zero-order valence-electron chi connectivity index (χ0n) is 15.1. The molecule has 2 aliphatic rings. The van der Waals surface area contributed by atoms with Gasteiger partial charge in [0.25, 0.3) is 0 Å². The van der Waals surface area contributed by atoms with Crippen LogP contribution in [0, 0.1) is 5.92 Å². The molecule has 2 rings (SSSR count). The van der Waals surface area contributed by atoms with Gasteiger partial charge < -0.3 is 15.0 Å². The van der Waals surface area contributed by atoms with Gasteiger partial charge in [0.1, 0.15) is 0 Å². The van der Waals surface area contributed by atoms with Crippen LogP contribution in [0.3, 0.4) is 0 Å². The van der Waals surface area contributed by atoms with Crippen LogP contribution in [0.4, 0.5) is 4.79 Å². The summed E-state index contributed by atoms with van der Waals surface area (Å²) >= 11 is 0. The molecule has 134 valence electrons. The highest BCUT2D eigenvalue weighted by Crippen LogP contribution is 2.20. The van der Waals surface area contributed by atoms with E-state index in [2.05, 4.69) is 24.1 Å². The van der Waals surface area contributed by atoms with Gasteiger partial charge in [-0.3, -0.25) is 4.90 Å². The van der Waals surface area contributed by atoms with E-state index in [1.54, 1.807) is 0 Å². The molecule has 0 unspecified atom stereocenters. The van der Waals surface area contributed by atoms with Crippen LogP contribution in [0.5, 0.6) is 0 Å². The average Bonchev–Trinajstić information content (AvgIpc) is 2.55. The van der Waals surface area contributed by atoms with Crippen molar-refractivity contribution in [3.8, 4) is 0 Å². The second kappa shape index (κ2) is 10.1. The lowest BCUT2D eigenvalue weighted by atomic mass is 9.98. The van der Waals surface area contributed by atoms with Gasteiger partial charge in [0.2, 0.25) is 0 Å². The van der Waals surface area contributed by atoms with Crippen molar-refractivity contribution in [1.82, 2.24) is 15.1 Å². The molecule has 5 heteroatoms. The maximum absolute atomic E-state index is 12.1. The number of carbonyl (C=O) groups is 1. The zero-order chi connectivity index (χ0) is 16.5. The molecule has 2 fully saturated rings. The number of hydrogen-bond donors (Lipinski definition) is 1. The van der Waals surface area contributed by atoms with Crippen molar-refractivity contribution in [1.29, 1.82) is 0 Å². The Morgan fingerprint density at radius 2 is 1.83 bits per heavy atom. The molecule has 1 aliphatic carbocycles. The van der Waals surface area contributed by atoms with Gasteiger partial charge >= 0.3 is 6.03 Å². The number of rotatable bonds is 7. The van der Waals surface area contributed by atoms with E-state index in [0.29, 0.717) is 12.0 Å². The minimum Gasteiger partial charge on any atom is -0.378 e. The molecular formula is C18H35N3O2. The maximum Gasteiger partial charge on any atom is 0.317 e. The quantitative estimate of drug-likeness (QED) is 0.732. The summed E-state index contributed by atoms with van der Waals surface area (Å²) in [6.07, 6.45) is 7.79. The zero-order valence-corrected chi connectivity index (χ0v) is 15.1. The molecule has 0 bridgehead atoms. The Morgan fingerprint density at radius 1 is 1.13 bits per heavy atom. The summed E-state index contributed by atoms with van der Waals surface area (Å²) in [7, 11) is 0. The predicted octanol–water partition coefficient (Wildman–Crippen LogP) is 2.71. The van der Waals surface area contributed by atoms with E-state index in [1.807, 2.05) is 4.90 Å². The van der Waals surface area contributed by atoms with Crippen LogP contribution < -0.4 is 5.32 Å². The smallest absolute Gasteiger partial charge is 0.317 e. The van der Waals surface area contributed by atoms with E-state index in [4.69, 9.17) is 4.74 Å². The van der Waals surface area contributed by atoms with Crippen molar-refractivity contribution in [3.05, 3.63) is 0 Å². The highest BCUT2D eigenvalue weighted by molar-refractivity contribution is 5.74. The number of hydrogen-bond acceptors (Lipinski definition) is 3. The van der Waals surface area contributed by atoms with Crippen LogP contribution in [0.25, 0.3) is 0 Å². The Labute approximate surface area is 141 Å². The minimum atomic E-state index is 0.0897. The molecule has 1 aliphatic heterocycles. The Hall–Kier alpha value is -0.810. The number of ether oxygens (including phenoxy) is 1. The summed E-state index contributed by atoms with van der Waals surface area (Å²) in [5.41, 5.74) is 0. The fourth-order valence-electron chi connectivity index (χ4n) is 3.51. The molecule has 0 spiro atoms. The second-order valence-corrected chi connectivity index (χ2v) is 7.40. The van der Waals surface area contributed by atoms with E-state index in [-0.39, 0.29) is 6.03 Å². The maximum atomic E-state index is 12.1. The van der Waals surface area contributed by atoms with Crippen molar-refractivity contribution in [3.63, 3.8) is 0 Å². The average molecular weight is 325 g/mol. The molecule has 0 radical (unpaired) electrons. The largest absolute Gasteiger partial charge is 0.378 e. The highest BCUT2D eigenvalue weighted by Gasteiger charge is 2.21. The lowest BCUT2D eigenvalue weighted by Gasteiger charge is -2.35. The second-order valence-electron chi connectivity index (χ2n) is 7.40. The number of nitrogens with one attached hydrogen (secondary N) is 1. The van der Waals surface area contributed by atoms with Gasteiger partial charge in [0.05, 0.1) is 6.10 Å². The number of amides is 2. The van der Waals surface area contributed by atoms with Crippen LogP contribution in [0.15, 0.2) is 0 Å². The van der Waals surface area contributed by atoms with Gasteiger partial charge in [-0.1, -0.05) is 33.1 Å². The van der Waals surface area contributed by atoms with Crippen molar-refractivity contribution in [2.24, 2.45) is 5.92 Å². The van der Waals surface area contributed by atoms with E-state index < -0.39 is 0 Å². The fraction of sp³-hybridized carbons (Fsp3) is 0.944. The monoisotopic (exact) mass is 325 g/mol. The Kier molecular flexibility index (Phi) is 8.17. The lowest BCUT2D eigenvalue weighted by Crippen LogP contribution is -2.52. The van der Waals surface area contributed by atoms with Gasteiger partial charge in [0, 0.05) is 45.9 Å². The molecule has 1 saturated heterocycles. The van der Waals surface area contributed by atoms with Crippen molar-refractivity contribution >= 4 is 6.03 Å². The molecule has 0 aromatic heterocycles.